The van der Waals surface area contributed by atoms with Crippen molar-refractivity contribution in [2.75, 3.05) is 7.11 Å². The SMILES string of the molecule is COC(=O)C1=C(C)N=c2s/c(=C\c3ccc(-c4ccc(Br)cc4)o3)c(=O)n2C1c1ccccc1Cl. The van der Waals surface area contributed by atoms with Crippen molar-refractivity contribution in [2.45, 2.75) is 13.0 Å². The Balaban J connectivity index is 1.66. The molecule has 1 aliphatic rings. The molecule has 0 saturated heterocycles. The van der Waals surface area contributed by atoms with Gasteiger partial charge in [0.2, 0.25) is 0 Å². The van der Waals surface area contributed by atoms with Crippen molar-refractivity contribution in [3.05, 3.63) is 112 Å². The number of aromatic nitrogens is 1. The average molecular weight is 570 g/mol. The first-order valence-electron chi connectivity index (χ1n) is 10.6. The maximum Gasteiger partial charge on any atom is 0.338 e. The number of halogens is 2. The number of carbonyl (C=O) groups is 1. The fourth-order valence-electron chi connectivity index (χ4n) is 4.01. The van der Waals surface area contributed by atoms with Gasteiger partial charge in [-0.2, -0.15) is 0 Å². The number of hydrogen-bond donors (Lipinski definition) is 0. The highest BCUT2D eigenvalue weighted by Gasteiger charge is 2.34. The Morgan fingerprint density at radius 2 is 1.91 bits per heavy atom. The van der Waals surface area contributed by atoms with E-state index in [1.165, 1.54) is 23.0 Å². The fourth-order valence-corrected chi connectivity index (χ4v) is 5.54. The molecule has 0 N–H and O–H groups in total. The Kier molecular flexibility index (Phi) is 6.35. The average Bonchev–Trinajstić information content (AvgIpc) is 3.43. The van der Waals surface area contributed by atoms with E-state index in [4.69, 9.17) is 20.8 Å². The van der Waals surface area contributed by atoms with Crippen molar-refractivity contribution in [1.29, 1.82) is 0 Å². The van der Waals surface area contributed by atoms with Crippen LogP contribution < -0.4 is 14.9 Å². The number of furan rings is 1. The lowest BCUT2D eigenvalue weighted by Gasteiger charge is -2.25. The van der Waals surface area contributed by atoms with Crippen LogP contribution in [-0.4, -0.2) is 17.6 Å². The smallest absolute Gasteiger partial charge is 0.338 e. The Morgan fingerprint density at radius 1 is 1.17 bits per heavy atom. The van der Waals surface area contributed by atoms with Crippen LogP contribution in [0.2, 0.25) is 5.02 Å². The lowest BCUT2D eigenvalue weighted by atomic mass is 9.96. The molecule has 176 valence electrons. The minimum atomic E-state index is -0.760. The molecular formula is C26H18BrClN2O4S. The number of allylic oxidation sites excluding steroid dienone is 1. The summed E-state index contributed by atoms with van der Waals surface area (Å²) in [5.41, 5.74) is 1.99. The Labute approximate surface area is 217 Å². The molecule has 6 nitrogen and oxygen atoms in total. The Bertz CT molecular complexity index is 1660. The topological polar surface area (TPSA) is 73.8 Å². The summed E-state index contributed by atoms with van der Waals surface area (Å²) >= 11 is 11.2. The van der Waals surface area contributed by atoms with E-state index < -0.39 is 12.0 Å². The molecule has 0 bridgehead atoms. The van der Waals surface area contributed by atoms with E-state index in [9.17, 15) is 9.59 Å². The molecule has 0 saturated carbocycles. The third kappa shape index (κ3) is 4.33. The largest absolute Gasteiger partial charge is 0.466 e. The quantitative estimate of drug-likeness (QED) is 0.321. The summed E-state index contributed by atoms with van der Waals surface area (Å²) in [7, 11) is 1.30. The van der Waals surface area contributed by atoms with Gasteiger partial charge in [0.1, 0.15) is 17.6 Å². The van der Waals surface area contributed by atoms with Gasteiger partial charge < -0.3 is 9.15 Å². The molecule has 0 aliphatic carbocycles. The van der Waals surface area contributed by atoms with Gasteiger partial charge >= 0.3 is 5.97 Å². The summed E-state index contributed by atoms with van der Waals surface area (Å²) in [4.78, 5) is 31.4. The van der Waals surface area contributed by atoms with Gasteiger partial charge in [-0.25, -0.2) is 9.79 Å². The van der Waals surface area contributed by atoms with Gasteiger partial charge in [-0.1, -0.05) is 69.2 Å². The molecule has 0 spiro atoms. The summed E-state index contributed by atoms with van der Waals surface area (Å²) in [6.07, 6.45) is 1.69. The van der Waals surface area contributed by atoms with Crippen LogP contribution in [0.4, 0.5) is 0 Å². The molecule has 3 heterocycles. The highest BCUT2D eigenvalue weighted by molar-refractivity contribution is 9.10. The normalized spacial score (nSPS) is 15.7. The number of ether oxygens (including phenoxy) is 1. The lowest BCUT2D eigenvalue weighted by Crippen LogP contribution is -2.39. The van der Waals surface area contributed by atoms with E-state index in [0.29, 0.717) is 37.1 Å². The molecule has 2 aromatic carbocycles. The molecule has 0 radical (unpaired) electrons. The molecule has 35 heavy (non-hydrogen) atoms. The van der Waals surface area contributed by atoms with Crippen LogP contribution in [0.25, 0.3) is 17.4 Å². The van der Waals surface area contributed by atoms with Gasteiger partial charge in [0.15, 0.2) is 4.80 Å². The Hall–Kier alpha value is -3.20. The monoisotopic (exact) mass is 568 g/mol. The molecule has 1 atom stereocenters. The van der Waals surface area contributed by atoms with E-state index in [2.05, 4.69) is 20.9 Å². The molecular weight excluding hydrogens is 552 g/mol. The highest BCUT2D eigenvalue weighted by atomic mass is 79.9. The third-order valence-corrected chi connectivity index (χ3v) is 7.51. The summed E-state index contributed by atoms with van der Waals surface area (Å²) < 4.78 is 13.9. The van der Waals surface area contributed by atoms with Crippen LogP contribution in [0.15, 0.2) is 90.6 Å². The first kappa shape index (κ1) is 23.5. The number of benzene rings is 2. The van der Waals surface area contributed by atoms with E-state index in [-0.39, 0.29) is 11.1 Å². The number of carbonyl (C=O) groups excluding carboxylic acids is 1. The molecule has 5 rings (SSSR count). The van der Waals surface area contributed by atoms with Gasteiger partial charge in [0.25, 0.3) is 5.56 Å². The number of fused-ring (bicyclic) bond motifs is 1. The summed E-state index contributed by atoms with van der Waals surface area (Å²) in [6.45, 7) is 1.73. The molecule has 2 aromatic heterocycles. The van der Waals surface area contributed by atoms with Crippen molar-refractivity contribution in [3.8, 4) is 11.3 Å². The molecule has 1 unspecified atom stereocenters. The van der Waals surface area contributed by atoms with Crippen LogP contribution in [0.1, 0.15) is 24.3 Å². The maximum absolute atomic E-state index is 13.6. The molecule has 0 fully saturated rings. The third-order valence-electron chi connectivity index (χ3n) is 5.66. The minimum absolute atomic E-state index is 0.273. The highest BCUT2D eigenvalue weighted by Crippen LogP contribution is 2.34. The Morgan fingerprint density at radius 3 is 2.63 bits per heavy atom. The van der Waals surface area contributed by atoms with Crippen molar-refractivity contribution >= 4 is 50.9 Å². The zero-order valence-corrected chi connectivity index (χ0v) is 21.8. The summed E-state index contributed by atoms with van der Waals surface area (Å²) in [5.74, 6) is 0.663. The second-order valence-corrected chi connectivity index (χ2v) is 10.1. The van der Waals surface area contributed by atoms with Crippen molar-refractivity contribution in [1.82, 2.24) is 4.57 Å². The van der Waals surface area contributed by atoms with Crippen LogP contribution in [0, 0.1) is 0 Å². The standard InChI is InChI=1S/C26H18BrClN2O4S/c1-14-22(25(32)33-2)23(18-5-3-4-6-19(18)28)30-24(31)21(35-26(30)29-14)13-17-11-12-20(34-17)15-7-9-16(27)10-8-15/h3-13,23H,1-2H3/b21-13-. The van der Waals surface area contributed by atoms with Crippen molar-refractivity contribution < 1.29 is 13.9 Å². The predicted octanol–water partition coefficient (Wildman–Crippen LogP) is 5.08. The van der Waals surface area contributed by atoms with Crippen LogP contribution >= 0.6 is 38.9 Å². The first-order chi connectivity index (χ1) is 16.9. The van der Waals surface area contributed by atoms with Gasteiger partial charge in [0, 0.05) is 21.1 Å². The van der Waals surface area contributed by atoms with Crippen LogP contribution in [0.5, 0.6) is 0 Å². The van der Waals surface area contributed by atoms with Gasteiger partial charge in [-0.05, 0) is 42.8 Å². The zero-order chi connectivity index (χ0) is 24.7. The first-order valence-corrected chi connectivity index (χ1v) is 12.6. The second-order valence-electron chi connectivity index (χ2n) is 7.80. The number of thiazole rings is 1. The van der Waals surface area contributed by atoms with E-state index in [1.807, 2.05) is 42.5 Å². The van der Waals surface area contributed by atoms with Crippen molar-refractivity contribution in [2.24, 2.45) is 4.99 Å². The number of nitrogens with zero attached hydrogens (tertiary/aromatic N) is 2. The van der Waals surface area contributed by atoms with E-state index in [0.717, 1.165) is 10.0 Å². The van der Waals surface area contributed by atoms with Crippen LogP contribution in [0.3, 0.4) is 0 Å². The summed E-state index contributed by atoms with van der Waals surface area (Å²) in [6, 6.07) is 17.8. The summed E-state index contributed by atoms with van der Waals surface area (Å²) in [5, 5.41) is 0.438. The van der Waals surface area contributed by atoms with Gasteiger partial charge in [-0.15, -0.1) is 0 Å². The lowest BCUT2D eigenvalue weighted by molar-refractivity contribution is -0.136. The number of methoxy groups -OCH3 is 1. The zero-order valence-electron chi connectivity index (χ0n) is 18.6. The molecule has 4 aromatic rings. The van der Waals surface area contributed by atoms with Gasteiger partial charge in [0.05, 0.1) is 22.9 Å². The number of rotatable bonds is 4. The number of esters is 1. The maximum atomic E-state index is 13.6. The van der Waals surface area contributed by atoms with E-state index in [1.54, 1.807) is 31.2 Å². The molecule has 9 heteroatoms. The molecule has 1 aliphatic heterocycles. The van der Waals surface area contributed by atoms with Gasteiger partial charge in [-0.3, -0.25) is 9.36 Å². The predicted molar refractivity (Wildman–Crippen MR) is 139 cm³/mol. The van der Waals surface area contributed by atoms with Crippen molar-refractivity contribution in [3.63, 3.8) is 0 Å². The van der Waals surface area contributed by atoms with E-state index >= 15 is 0 Å². The fraction of sp³-hybridized carbons (Fsp3) is 0.115. The van der Waals surface area contributed by atoms with Crippen LogP contribution in [-0.2, 0) is 9.53 Å². The minimum Gasteiger partial charge on any atom is -0.466 e. The number of hydrogen-bond acceptors (Lipinski definition) is 6. The second kappa shape index (κ2) is 9.45. The molecule has 0 amide bonds.